The van der Waals surface area contributed by atoms with Crippen LogP contribution in [-0.4, -0.2) is 43.7 Å². The number of fused-ring (bicyclic) bond motifs is 1. The average molecular weight is 279 g/mol. The Hall–Kier alpha value is -1.63. The highest BCUT2D eigenvalue weighted by molar-refractivity contribution is 7.71. The van der Waals surface area contributed by atoms with Crippen molar-refractivity contribution in [1.29, 1.82) is 0 Å². The van der Waals surface area contributed by atoms with Gasteiger partial charge in [-0.2, -0.15) is 5.10 Å². The van der Waals surface area contributed by atoms with E-state index in [1.165, 1.54) is 0 Å². The summed E-state index contributed by atoms with van der Waals surface area (Å²) >= 11 is 5.40. The molecule has 2 aromatic rings. The van der Waals surface area contributed by atoms with E-state index in [1.807, 2.05) is 23.3 Å². The summed E-state index contributed by atoms with van der Waals surface area (Å²) in [6, 6.07) is -0.202. The second-order valence-electron chi connectivity index (χ2n) is 4.99. The number of likely N-dealkylation sites (N-methyl/N-ethyl adjacent to an activating group) is 1. The summed E-state index contributed by atoms with van der Waals surface area (Å²) in [4.78, 5) is 17.2. The van der Waals surface area contributed by atoms with Gasteiger partial charge in [0.1, 0.15) is 11.6 Å². The number of aryl methyl sites for hydroxylation is 2. The second-order valence-corrected chi connectivity index (χ2v) is 5.37. The minimum absolute atomic E-state index is 0.122. The Bertz CT molecular complexity index is 710. The minimum atomic E-state index is -0.202. The molecule has 3 rings (SSSR count). The van der Waals surface area contributed by atoms with Crippen molar-refractivity contribution in [2.75, 3.05) is 13.6 Å². The Morgan fingerprint density at radius 2 is 2.21 bits per heavy atom. The zero-order valence-corrected chi connectivity index (χ0v) is 12.1. The van der Waals surface area contributed by atoms with Crippen LogP contribution >= 0.6 is 12.2 Å². The van der Waals surface area contributed by atoms with Crippen molar-refractivity contribution in [3.63, 3.8) is 0 Å². The van der Waals surface area contributed by atoms with Gasteiger partial charge in [-0.3, -0.25) is 14.0 Å². The lowest BCUT2D eigenvalue weighted by atomic mass is 10.2. The van der Waals surface area contributed by atoms with Crippen LogP contribution in [0.3, 0.4) is 0 Å². The van der Waals surface area contributed by atoms with Crippen molar-refractivity contribution in [2.24, 2.45) is 7.05 Å². The number of hydrogen-bond donors (Lipinski definition) is 1. The Morgan fingerprint density at radius 1 is 1.47 bits per heavy atom. The van der Waals surface area contributed by atoms with Crippen molar-refractivity contribution < 1.29 is 4.79 Å². The number of likely N-dealkylation sites (tertiary alicyclic amines) is 1. The summed E-state index contributed by atoms with van der Waals surface area (Å²) in [5, 5.41) is 4.48. The summed E-state index contributed by atoms with van der Waals surface area (Å²) in [7, 11) is 3.72. The molecule has 1 fully saturated rings. The van der Waals surface area contributed by atoms with Crippen LogP contribution in [0, 0.1) is 4.77 Å². The van der Waals surface area contributed by atoms with E-state index in [9.17, 15) is 4.79 Å². The molecule has 1 aliphatic heterocycles. The Balaban J connectivity index is 2.24. The lowest BCUT2D eigenvalue weighted by molar-refractivity contribution is -0.129. The first-order valence-corrected chi connectivity index (χ1v) is 6.86. The van der Waals surface area contributed by atoms with E-state index in [1.54, 1.807) is 4.90 Å². The first kappa shape index (κ1) is 12.4. The summed E-state index contributed by atoms with van der Waals surface area (Å²) in [5.41, 5.74) is 2.86. The van der Waals surface area contributed by atoms with Gasteiger partial charge in [-0.1, -0.05) is 6.92 Å². The van der Waals surface area contributed by atoms with Gasteiger partial charge in [0.2, 0.25) is 5.91 Å². The largest absolute Gasteiger partial charge is 0.344 e. The summed E-state index contributed by atoms with van der Waals surface area (Å²) in [5.74, 6) is 0.122. The van der Waals surface area contributed by atoms with Gasteiger partial charge in [0.25, 0.3) is 0 Å². The van der Waals surface area contributed by atoms with Gasteiger partial charge in [-0.05, 0) is 25.1 Å². The maximum absolute atomic E-state index is 12.2. The van der Waals surface area contributed by atoms with Gasteiger partial charge in [0, 0.05) is 20.6 Å². The number of carbonyl (C=O) groups is 1. The number of aromatic amines is 1. The number of rotatable bonds is 2. The van der Waals surface area contributed by atoms with Crippen LogP contribution in [0.1, 0.15) is 25.1 Å². The number of aromatic nitrogens is 4. The van der Waals surface area contributed by atoms with Crippen LogP contribution in [0.2, 0.25) is 0 Å². The molecule has 0 spiro atoms. The smallest absolute Gasteiger partial charge is 0.245 e. The highest BCUT2D eigenvalue weighted by Gasteiger charge is 2.33. The molecule has 1 atom stereocenters. The first-order valence-electron chi connectivity index (χ1n) is 6.45. The number of H-pyrrole nitrogens is 1. The van der Waals surface area contributed by atoms with Crippen LogP contribution in [0.5, 0.6) is 0 Å². The molecule has 6 nitrogen and oxygen atoms in total. The fourth-order valence-corrected chi connectivity index (χ4v) is 3.13. The fourth-order valence-electron chi connectivity index (χ4n) is 2.82. The highest BCUT2D eigenvalue weighted by Crippen LogP contribution is 2.28. The maximum Gasteiger partial charge on any atom is 0.245 e. The molecule has 19 heavy (non-hydrogen) atoms. The van der Waals surface area contributed by atoms with Gasteiger partial charge in [-0.15, -0.1) is 0 Å². The van der Waals surface area contributed by atoms with Crippen LogP contribution in [0.15, 0.2) is 0 Å². The zero-order valence-electron chi connectivity index (χ0n) is 11.3. The standard InChI is InChI=1S/C12H17N5OS/c1-4-7-9-10(16(3)14-7)17(12(19)13-9)8-5-6-15(2)11(8)18/h8H,4-6H2,1-3H3,(H,13,19). The van der Waals surface area contributed by atoms with Crippen LogP contribution < -0.4 is 0 Å². The van der Waals surface area contributed by atoms with E-state index in [0.29, 0.717) is 4.77 Å². The molecular formula is C12H17N5OS. The molecule has 3 heterocycles. The normalized spacial score (nSPS) is 19.8. The van der Waals surface area contributed by atoms with Crippen molar-refractivity contribution in [3.8, 4) is 0 Å². The lowest BCUT2D eigenvalue weighted by Gasteiger charge is -2.12. The maximum atomic E-state index is 12.2. The van der Waals surface area contributed by atoms with Gasteiger partial charge in [-0.25, -0.2) is 0 Å². The number of nitrogens with one attached hydrogen (secondary N) is 1. The Morgan fingerprint density at radius 3 is 2.79 bits per heavy atom. The molecule has 1 amide bonds. The second kappa shape index (κ2) is 4.19. The van der Waals surface area contributed by atoms with Gasteiger partial charge in [0.15, 0.2) is 10.4 Å². The molecule has 0 bridgehead atoms. The summed E-state index contributed by atoms with van der Waals surface area (Å²) in [6.45, 7) is 2.83. The van der Waals surface area contributed by atoms with Crippen molar-refractivity contribution in [3.05, 3.63) is 10.5 Å². The molecular weight excluding hydrogens is 262 g/mol. The fraction of sp³-hybridized carbons (Fsp3) is 0.583. The molecule has 102 valence electrons. The number of amides is 1. The molecule has 1 unspecified atom stereocenters. The summed E-state index contributed by atoms with van der Waals surface area (Å²) < 4.78 is 4.33. The minimum Gasteiger partial charge on any atom is -0.344 e. The monoisotopic (exact) mass is 279 g/mol. The Labute approximate surface area is 116 Å². The van der Waals surface area contributed by atoms with Gasteiger partial charge >= 0.3 is 0 Å². The van der Waals surface area contributed by atoms with Crippen molar-refractivity contribution >= 4 is 29.3 Å². The average Bonchev–Trinajstić information content (AvgIpc) is 2.97. The lowest BCUT2D eigenvalue weighted by Crippen LogP contribution is -2.25. The van der Waals surface area contributed by atoms with Gasteiger partial charge in [0.05, 0.1) is 5.69 Å². The molecule has 7 heteroatoms. The van der Waals surface area contributed by atoms with Crippen LogP contribution in [0.4, 0.5) is 0 Å². The zero-order chi connectivity index (χ0) is 13.7. The molecule has 0 saturated carbocycles. The molecule has 2 aromatic heterocycles. The quantitative estimate of drug-likeness (QED) is 0.845. The third-order valence-electron chi connectivity index (χ3n) is 3.81. The molecule has 0 radical (unpaired) electrons. The molecule has 1 aliphatic rings. The molecule has 1 saturated heterocycles. The van der Waals surface area contributed by atoms with E-state index in [4.69, 9.17) is 12.2 Å². The molecule has 0 aliphatic carbocycles. The number of imidazole rings is 1. The number of carbonyl (C=O) groups excluding carboxylic acids is 1. The van der Waals surface area contributed by atoms with Crippen molar-refractivity contribution in [1.82, 2.24) is 24.2 Å². The van der Waals surface area contributed by atoms with E-state index in [-0.39, 0.29) is 11.9 Å². The molecule has 1 N–H and O–H groups in total. The van der Waals surface area contributed by atoms with E-state index >= 15 is 0 Å². The van der Waals surface area contributed by atoms with E-state index < -0.39 is 0 Å². The van der Waals surface area contributed by atoms with E-state index in [0.717, 1.165) is 36.2 Å². The van der Waals surface area contributed by atoms with E-state index in [2.05, 4.69) is 17.0 Å². The Kier molecular flexibility index (Phi) is 2.74. The van der Waals surface area contributed by atoms with Gasteiger partial charge < -0.3 is 9.88 Å². The SMILES string of the molecule is CCc1nn(C)c2c1[nH]c(=S)n2C1CCN(C)C1=O. The summed E-state index contributed by atoms with van der Waals surface area (Å²) in [6.07, 6.45) is 1.63. The highest BCUT2D eigenvalue weighted by atomic mass is 32.1. The predicted molar refractivity (Wildman–Crippen MR) is 74.6 cm³/mol. The van der Waals surface area contributed by atoms with Crippen LogP contribution in [0.25, 0.3) is 11.2 Å². The van der Waals surface area contributed by atoms with Crippen molar-refractivity contribution in [2.45, 2.75) is 25.8 Å². The molecule has 0 aromatic carbocycles. The topological polar surface area (TPSA) is 58.9 Å². The number of hydrogen-bond acceptors (Lipinski definition) is 3. The third kappa shape index (κ3) is 1.64. The number of nitrogens with zero attached hydrogens (tertiary/aromatic N) is 4. The first-order chi connectivity index (χ1) is 9.04. The third-order valence-corrected chi connectivity index (χ3v) is 4.11. The predicted octanol–water partition coefficient (Wildman–Crippen LogP) is 1.40. The van der Waals surface area contributed by atoms with Crippen LogP contribution in [-0.2, 0) is 18.3 Å².